The Morgan fingerprint density at radius 2 is 2.03 bits per heavy atom. The van der Waals surface area contributed by atoms with Gasteiger partial charge in [-0.05, 0) is 40.5 Å². The van der Waals surface area contributed by atoms with E-state index in [1.165, 1.54) is 4.68 Å². The van der Waals surface area contributed by atoms with E-state index in [2.05, 4.69) is 30.9 Å². The highest BCUT2D eigenvalue weighted by Gasteiger charge is 2.35. The van der Waals surface area contributed by atoms with Crippen LogP contribution < -0.4 is 10.6 Å². The van der Waals surface area contributed by atoms with E-state index in [1.807, 2.05) is 55.5 Å². The van der Waals surface area contributed by atoms with E-state index in [0.717, 1.165) is 23.2 Å². The Kier molecular flexibility index (Phi) is 4.88. The number of benzene rings is 2. The van der Waals surface area contributed by atoms with Crippen molar-refractivity contribution in [2.24, 2.45) is 0 Å². The van der Waals surface area contributed by atoms with E-state index in [0.29, 0.717) is 34.7 Å². The van der Waals surface area contributed by atoms with Crippen molar-refractivity contribution in [2.75, 3.05) is 10.6 Å². The number of rotatable bonds is 4. The van der Waals surface area contributed by atoms with E-state index in [-0.39, 0.29) is 0 Å². The molecule has 2 N–H and O–H groups in total. The van der Waals surface area contributed by atoms with Crippen molar-refractivity contribution < 1.29 is 9.42 Å². The highest BCUT2D eigenvalue weighted by Crippen LogP contribution is 2.44. The zero-order chi connectivity index (χ0) is 22.1. The van der Waals surface area contributed by atoms with E-state index < -0.39 is 11.9 Å². The molecule has 9 heteroatoms. The van der Waals surface area contributed by atoms with E-state index >= 15 is 0 Å². The summed E-state index contributed by atoms with van der Waals surface area (Å²) in [7, 11) is 0. The monoisotopic (exact) mass is 425 g/mol. The summed E-state index contributed by atoms with van der Waals surface area (Å²) in [6.45, 7) is 9.94. The van der Waals surface area contributed by atoms with E-state index in [9.17, 15) is 4.79 Å². The molecule has 1 unspecified atom stereocenters. The maximum atomic E-state index is 13.0. The third kappa shape index (κ3) is 3.18. The number of para-hydroxylation sites is 1. The largest absolute Gasteiger partial charge is 0.353 e. The van der Waals surface area contributed by atoms with Crippen LogP contribution in [0.25, 0.3) is 15.9 Å². The van der Waals surface area contributed by atoms with Gasteiger partial charge in [0.05, 0.1) is 18.7 Å². The summed E-state index contributed by atoms with van der Waals surface area (Å²) in [6, 6.07) is 14.4. The number of hydrogen-bond acceptors (Lipinski definition) is 6. The van der Waals surface area contributed by atoms with E-state index in [4.69, 9.17) is 11.2 Å². The highest BCUT2D eigenvalue weighted by atomic mass is 16.6. The van der Waals surface area contributed by atoms with Crippen molar-refractivity contribution in [1.82, 2.24) is 20.1 Å². The molecule has 2 aromatic heterocycles. The van der Waals surface area contributed by atoms with Gasteiger partial charge in [0.25, 0.3) is 0 Å². The lowest BCUT2D eigenvalue weighted by Gasteiger charge is -2.27. The minimum Gasteiger partial charge on any atom is -0.353 e. The van der Waals surface area contributed by atoms with Crippen LogP contribution in [0.4, 0.5) is 16.3 Å². The normalized spacial score (nSPS) is 15.2. The van der Waals surface area contributed by atoms with Crippen LogP contribution in [0, 0.1) is 6.57 Å². The standard InChI is InChI=1S/C23H19N7O2/c1-3-8-17-21(24-2)19(15-11-7-12-18-20(15)29-32-28-18)16-13-25-30(22(16)27-17)23(31)26-14-9-5-4-6-10-14/h4-7,9-13,19,27H,3,8H2,1H3,(H,26,31). The van der Waals surface area contributed by atoms with Crippen molar-refractivity contribution in [3.63, 3.8) is 0 Å². The van der Waals surface area contributed by atoms with Gasteiger partial charge < -0.3 is 10.6 Å². The molecule has 0 bridgehead atoms. The van der Waals surface area contributed by atoms with Crippen LogP contribution in [-0.4, -0.2) is 26.1 Å². The molecule has 0 radical (unpaired) electrons. The predicted molar refractivity (Wildman–Crippen MR) is 119 cm³/mol. The van der Waals surface area contributed by atoms with Crippen molar-refractivity contribution in [1.29, 1.82) is 0 Å². The number of hydrogen-bond donors (Lipinski definition) is 2. The van der Waals surface area contributed by atoms with Gasteiger partial charge in [-0.25, -0.2) is 14.3 Å². The Hall–Kier alpha value is -4.45. The number of nitrogens with zero attached hydrogens (tertiary/aromatic N) is 5. The quantitative estimate of drug-likeness (QED) is 0.447. The summed E-state index contributed by atoms with van der Waals surface area (Å²) in [5, 5.41) is 18.5. The predicted octanol–water partition coefficient (Wildman–Crippen LogP) is 4.99. The first-order valence-electron chi connectivity index (χ1n) is 10.2. The molecule has 1 aliphatic heterocycles. The van der Waals surface area contributed by atoms with Gasteiger partial charge in [0.1, 0.15) is 16.9 Å². The molecule has 1 atom stereocenters. The molecule has 0 fully saturated rings. The van der Waals surface area contributed by atoms with Crippen LogP contribution in [-0.2, 0) is 0 Å². The van der Waals surface area contributed by atoms with Crippen molar-refractivity contribution in [3.05, 3.63) is 88.7 Å². The molecule has 32 heavy (non-hydrogen) atoms. The Morgan fingerprint density at radius 3 is 2.81 bits per heavy atom. The van der Waals surface area contributed by atoms with Crippen LogP contribution in [0.3, 0.4) is 0 Å². The Labute approximate surface area is 183 Å². The number of aromatic nitrogens is 4. The van der Waals surface area contributed by atoms with Gasteiger partial charge in [-0.1, -0.05) is 43.7 Å². The van der Waals surface area contributed by atoms with Crippen molar-refractivity contribution in [2.45, 2.75) is 25.7 Å². The fourth-order valence-electron chi connectivity index (χ4n) is 4.03. The topological polar surface area (TPSA) is 102 Å². The third-order valence-corrected chi connectivity index (χ3v) is 5.43. The molecule has 0 spiro atoms. The fourth-order valence-corrected chi connectivity index (χ4v) is 4.03. The van der Waals surface area contributed by atoms with Crippen LogP contribution in [0.5, 0.6) is 0 Å². The van der Waals surface area contributed by atoms with Gasteiger partial charge in [0.15, 0.2) is 5.70 Å². The summed E-state index contributed by atoms with van der Waals surface area (Å²) in [6.07, 6.45) is 3.12. The number of nitrogens with one attached hydrogen (secondary N) is 2. The van der Waals surface area contributed by atoms with Gasteiger partial charge >= 0.3 is 6.03 Å². The summed E-state index contributed by atoms with van der Waals surface area (Å²) in [4.78, 5) is 16.9. The number of allylic oxidation sites excluding steroid dienone is 2. The molecule has 5 rings (SSSR count). The lowest BCUT2D eigenvalue weighted by Crippen LogP contribution is -2.25. The second kappa shape index (κ2) is 8.00. The second-order valence-corrected chi connectivity index (χ2v) is 7.42. The van der Waals surface area contributed by atoms with Gasteiger partial charge in [-0.15, -0.1) is 0 Å². The average Bonchev–Trinajstić information content (AvgIpc) is 3.46. The summed E-state index contributed by atoms with van der Waals surface area (Å²) in [5.41, 5.74) is 4.69. The van der Waals surface area contributed by atoms with Crippen molar-refractivity contribution in [3.8, 4) is 0 Å². The molecular weight excluding hydrogens is 406 g/mol. The maximum Gasteiger partial charge on any atom is 0.348 e. The first-order valence-corrected chi connectivity index (χ1v) is 10.2. The molecule has 3 heterocycles. The van der Waals surface area contributed by atoms with Gasteiger partial charge in [0.2, 0.25) is 0 Å². The summed E-state index contributed by atoms with van der Waals surface area (Å²) < 4.78 is 6.24. The molecule has 0 saturated heterocycles. The number of anilines is 2. The summed E-state index contributed by atoms with van der Waals surface area (Å²) >= 11 is 0. The lowest BCUT2D eigenvalue weighted by molar-refractivity contribution is 0.251. The average molecular weight is 425 g/mol. The van der Waals surface area contributed by atoms with Gasteiger partial charge in [-0.3, -0.25) is 0 Å². The van der Waals surface area contributed by atoms with Crippen molar-refractivity contribution >= 4 is 28.6 Å². The molecular formula is C23H19N7O2. The van der Waals surface area contributed by atoms with Crippen LogP contribution in [0.2, 0.25) is 0 Å². The van der Waals surface area contributed by atoms with Crippen LogP contribution in [0.1, 0.15) is 36.8 Å². The molecule has 1 aliphatic rings. The SMILES string of the molecule is [C-]#[N+]C1=C(CCC)Nc2c(cnn2C(=O)Nc2ccccc2)C1c1cccc2nonc12. The Balaban J connectivity index is 1.64. The van der Waals surface area contributed by atoms with Gasteiger partial charge in [0, 0.05) is 16.9 Å². The molecule has 2 aromatic carbocycles. The Bertz CT molecular complexity index is 1380. The molecule has 4 aromatic rings. The number of amides is 1. The molecule has 0 saturated carbocycles. The smallest absolute Gasteiger partial charge is 0.348 e. The Morgan fingerprint density at radius 1 is 1.19 bits per heavy atom. The lowest BCUT2D eigenvalue weighted by atomic mass is 9.85. The van der Waals surface area contributed by atoms with E-state index in [1.54, 1.807) is 6.20 Å². The first kappa shape index (κ1) is 19.5. The third-order valence-electron chi connectivity index (χ3n) is 5.43. The number of carbonyl (C=O) groups is 1. The summed E-state index contributed by atoms with van der Waals surface area (Å²) in [5.74, 6) is 0.0897. The number of carbonyl (C=O) groups excluding carboxylic acids is 1. The molecule has 1 amide bonds. The maximum absolute atomic E-state index is 13.0. The fraction of sp³-hybridized carbons (Fsp3) is 0.174. The number of fused-ring (bicyclic) bond motifs is 2. The first-order chi connectivity index (χ1) is 15.7. The molecule has 158 valence electrons. The zero-order valence-corrected chi connectivity index (χ0v) is 17.2. The highest BCUT2D eigenvalue weighted by molar-refractivity contribution is 5.93. The van der Waals surface area contributed by atoms with Crippen LogP contribution in [0.15, 0.2) is 70.8 Å². The zero-order valence-electron chi connectivity index (χ0n) is 17.2. The second-order valence-electron chi connectivity index (χ2n) is 7.42. The minimum atomic E-state index is -0.445. The van der Waals surface area contributed by atoms with Gasteiger partial charge in [-0.2, -0.15) is 9.78 Å². The molecule has 9 nitrogen and oxygen atoms in total. The van der Waals surface area contributed by atoms with Crippen LogP contribution >= 0.6 is 0 Å². The minimum absolute atomic E-state index is 0.396. The molecule has 0 aliphatic carbocycles.